The number of benzene rings is 4. The van der Waals surface area contributed by atoms with E-state index in [1.54, 1.807) is 0 Å². The SMILES string of the molecule is c1cc2c3c(cccc3c1)-c1ccc(-c3ccc(-c4cn5ccccc5n4)cc3)cc1O2. The van der Waals surface area contributed by atoms with E-state index in [0.29, 0.717) is 0 Å². The normalized spacial score (nSPS) is 12.0. The molecule has 3 heteroatoms. The molecule has 0 unspecified atom stereocenters. The van der Waals surface area contributed by atoms with Crippen LogP contribution in [0.1, 0.15) is 0 Å². The van der Waals surface area contributed by atoms with Crippen molar-refractivity contribution in [2.24, 2.45) is 0 Å². The van der Waals surface area contributed by atoms with Crippen LogP contribution in [0.5, 0.6) is 11.5 Å². The quantitative estimate of drug-likeness (QED) is 0.293. The maximum absolute atomic E-state index is 6.33. The molecule has 6 aromatic rings. The molecule has 1 aliphatic heterocycles. The Morgan fingerprint density at radius 3 is 2.31 bits per heavy atom. The van der Waals surface area contributed by atoms with Crippen molar-refractivity contribution in [3.05, 3.63) is 109 Å². The van der Waals surface area contributed by atoms with Crippen molar-refractivity contribution in [3.63, 3.8) is 0 Å². The van der Waals surface area contributed by atoms with Crippen LogP contribution in [-0.2, 0) is 0 Å². The highest BCUT2D eigenvalue weighted by Gasteiger charge is 2.20. The number of fused-ring (bicyclic) bond motifs is 3. The molecule has 3 nitrogen and oxygen atoms in total. The van der Waals surface area contributed by atoms with Crippen LogP contribution in [0.3, 0.4) is 0 Å². The highest BCUT2D eigenvalue weighted by Crippen LogP contribution is 2.47. The van der Waals surface area contributed by atoms with Gasteiger partial charge in [0.2, 0.25) is 0 Å². The molecule has 1 aliphatic rings. The summed E-state index contributed by atoms with van der Waals surface area (Å²) in [6, 6.07) is 33.8. The monoisotopic (exact) mass is 410 g/mol. The zero-order valence-corrected chi connectivity index (χ0v) is 17.2. The van der Waals surface area contributed by atoms with Crippen molar-refractivity contribution in [1.82, 2.24) is 9.38 Å². The van der Waals surface area contributed by atoms with E-state index in [0.717, 1.165) is 45.1 Å². The molecular formula is C29H18N2O. The summed E-state index contributed by atoms with van der Waals surface area (Å²) in [6.07, 6.45) is 4.08. The summed E-state index contributed by atoms with van der Waals surface area (Å²) < 4.78 is 8.37. The number of hydrogen-bond donors (Lipinski definition) is 0. The number of rotatable bonds is 2. The molecule has 2 aromatic heterocycles. The van der Waals surface area contributed by atoms with Crippen LogP contribution in [0, 0.1) is 0 Å². The van der Waals surface area contributed by atoms with E-state index in [9.17, 15) is 0 Å². The summed E-state index contributed by atoms with van der Waals surface area (Å²) in [5, 5.41) is 2.39. The second-order valence-electron chi connectivity index (χ2n) is 8.14. The van der Waals surface area contributed by atoms with Crippen molar-refractivity contribution in [2.75, 3.05) is 0 Å². The van der Waals surface area contributed by atoms with Gasteiger partial charge in [0, 0.05) is 28.9 Å². The third kappa shape index (κ3) is 2.58. The molecule has 7 rings (SSSR count). The van der Waals surface area contributed by atoms with Gasteiger partial charge in [-0.25, -0.2) is 4.98 Å². The molecule has 3 heterocycles. The minimum Gasteiger partial charge on any atom is -0.456 e. The van der Waals surface area contributed by atoms with Gasteiger partial charge in [0.25, 0.3) is 0 Å². The predicted molar refractivity (Wildman–Crippen MR) is 129 cm³/mol. The van der Waals surface area contributed by atoms with Gasteiger partial charge in [-0.1, -0.05) is 66.7 Å². The topological polar surface area (TPSA) is 26.5 Å². The van der Waals surface area contributed by atoms with Crippen LogP contribution in [-0.4, -0.2) is 9.38 Å². The van der Waals surface area contributed by atoms with Gasteiger partial charge in [0.05, 0.1) is 5.69 Å². The Balaban J connectivity index is 1.28. The summed E-state index contributed by atoms with van der Waals surface area (Å²) >= 11 is 0. The number of ether oxygens (including phenoxy) is 1. The molecular weight excluding hydrogens is 392 g/mol. The first-order valence-corrected chi connectivity index (χ1v) is 10.7. The maximum Gasteiger partial charge on any atom is 0.137 e. The Kier molecular flexibility index (Phi) is 3.55. The molecule has 0 spiro atoms. The molecule has 0 amide bonds. The van der Waals surface area contributed by atoms with Crippen molar-refractivity contribution in [3.8, 4) is 45.0 Å². The zero-order chi connectivity index (χ0) is 21.1. The van der Waals surface area contributed by atoms with E-state index in [1.165, 1.54) is 16.3 Å². The van der Waals surface area contributed by atoms with Crippen LogP contribution in [0.25, 0.3) is 49.9 Å². The number of aromatic nitrogens is 2. The first kappa shape index (κ1) is 17.3. The molecule has 0 fully saturated rings. The third-order valence-electron chi connectivity index (χ3n) is 6.24. The van der Waals surface area contributed by atoms with Gasteiger partial charge in [-0.05, 0) is 52.4 Å². The molecule has 0 bridgehead atoms. The Hall–Kier alpha value is -4.37. The minimum atomic E-state index is 0.901. The fourth-order valence-electron chi connectivity index (χ4n) is 4.65. The van der Waals surface area contributed by atoms with E-state index >= 15 is 0 Å². The van der Waals surface area contributed by atoms with Crippen LogP contribution in [0.4, 0.5) is 0 Å². The van der Waals surface area contributed by atoms with Gasteiger partial charge in [-0.15, -0.1) is 0 Å². The van der Waals surface area contributed by atoms with E-state index in [4.69, 9.17) is 9.72 Å². The second-order valence-corrected chi connectivity index (χ2v) is 8.14. The van der Waals surface area contributed by atoms with Gasteiger partial charge in [0.1, 0.15) is 17.1 Å². The standard InChI is InChI=1S/C29H18N2O/c1-2-16-31-18-25(30-28(31)9-1)20-12-10-19(11-13-20)22-14-15-23-24-7-3-5-21-6-4-8-26(29(21)24)32-27(23)17-22/h1-18H. The second kappa shape index (κ2) is 6.56. The summed E-state index contributed by atoms with van der Waals surface area (Å²) in [6.45, 7) is 0. The van der Waals surface area contributed by atoms with Crippen LogP contribution in [0.15, 0.2) is 109 Å². The number of nitrogens with zero attached hydrogens (tertiary/aromatic N) is 2. The average molecular weight is 410 g/mol. The summed E-state index contributed by atoms with van der Waals surface area (Å²) in [5.41, 5.74) is 7.69. The van der Waals surface area contributed by atoms with Gasteiger partial charge >= 0.3 is 0 Å². The lowest BCUT2D eigenvalue weighted by molar-refractivity contribution is 0.487. The summed E-state index contributed by atoms with van der Waals surface area (Å²) in [5.74, 6) is 1.82. The van der Waals surface area contributed by atoms with Crippen molar-refractivity contribution < 1.29 is 4.74 Å². The first-order valence-electron chi connectivity index (χ1n) is 10.7. The smallest absolute Gasteiger partial charge is 0.137 e. The van der Waals surface area contributed by atoms with Crippen LogP contribution in [0.2, 0.25) is 0 Å². The highest BCUT2D eigenvalue weighted by atomic mass is 16.5. The van der Waals surface area contributed by atoms with Gasteiger partial charge in [-0.3, -0.25) is 0 Å². The molecule has 0 saturated carbocycles. The maximum atomic E-state index is 6.33. The fraction of sp³-hybridized carbons (Fsp3) is 0. The molecule has 0 atom stereocenters. The van der Waals surface area contributed by atoms with Crippen LogP contribution >= 0.6 is 0 Å². The van der Waals surface area contributed by atoms with Gasteiger partial charge < -0.3 is 9.14 Å². The molecule has 32 heavy (non-hydrogen) atoms. The number of imidazole rings is 1. The Bertz CT molecular complexity index is 1610. The van der Waals surface area contributed by atoms with E-state index in [1.807, 2.05) is 40.9 Å². The molecule has 0 N–H and O–H groups in total. The van der Waals surface area contributed by atoms with Crippen molar-refractivity contribution in [1.29, 1.82) is 0 Å². The molecule has 0 radical (unpaired) electrons. The Labute approximate surface area is 185 Å². The molecule has 0 saturated heterocycles. The van der Waals surface area contributed by atoms with Crippen molar-refractivity contribution in [2.45, 2.75) is 0 Å². The minimum absolute atomic E-state index is 0.901. The lowest BCUT2D eigenvalue weighted by Gasteiger charge is -2.22. The number of hydrogen-bond acceptors (Lipinski definition) is 2. The predicted octanol–water partition coefficient (Wildman–Crippen LogP) is 7.59. The van der Waals surface area contributed by atoms with E-state index in [2.05, 4.69) is 72.9 Å². The lowest BCUT2D eigenvalue weighted by Crippen LogP contribution is -1.97. The van der Waals surface area contributed by atoms with Gasteiger partial charge in [0.15, 0.2) is 0 Å². The molecule has 4 aromatic carbocycles. The lowest BCUT2D eigenvalue weighted by atomic mass is 9.93. The molecule has 150 valence electrons. The highest BCUT2D eigenvalue weighted by molar-refractivity contribution is 6.04. The molecule has 0 aliphatic carbocycles. The third-order valence-corrected chi connectivity index (χ3v) is 6.24. The first-order chi connectivity index (χ1) is 15.8. The van der Waals surface area contributed by atoms with Crippen molar-refractivity contribution >= 4 is 16.4 Å². The Morgan fingerprint density at radius 2 is 1.44 bits per heavy atom. The number of pyridine rings is 1. The zero-order valence-electron chi connectivity index (χ0n) is 17.2. The average Bonchev–Trinajstić information content (AvgIpc) is 3.29. The Morgan fingerprint density at radius 1 is 0.625 bits per heavy atom. The largest absolute Gasteiger partial charge is 0.456 e. The van der Waals surface area contributed by atoms with E-state index in [-0.39, 0.29) is 0 Å². The van der Waals surface area contributed by atoms with Gasteiger partial charge in [-0.2, -0.15) is 0 Å². The summed E-state index contributed by atoms with van der Waals surface area (Å²) in [7, 11) is 0. The fourth-order valence-corrected chi connectivity index (χ4v) is 4.65. The van der Waals surface area contributed by atoms with E-state index < -0.39 is 0 Å². The van der Waals surface area contributed by atoms with Crippen LogP contribution < -0.4 is 4.74 Å². The summed E-state index contributed by atoms with van der Waals surface area (Å²) in [4.78, 5) is 4.73.